The summed E-state index contributed by atoms with van der Waals surface area (Å²) in [5.41, 5.74) is 3.71. The van der Waals surface area contributed by atoms with Crippen molar-refractivity contribution in [2.45, 2.75) is 31.9 Å². The summed E-state index contributed by atoms with van der Waals surface area (Å²) in [6.07, 6.45) is 3.26. The molecule has 4 heterocycles. The first-order valence-electron chi connectivity index (χ1n) is 8.88. The van der Waals surface area contributed by atoms with Crippen molar-refractivity contribution in [3.63, 3.8) is 0 Å². The minimum absolute atomic E-state index is 0.144. The molecular weight excluding hydrogens is 332 g/mol. The summed E-state index contributed by atoms with van der Waals surface area (Å²) < 4.78 is 5.74. The molecule has 2 aromatic heterocycles. The minimum Gasteiger partial charge on any atom is -0.373 e. The lowest BCUT2D eigenvalue weighted by Crippen LogP contribution is -2.35. The average Bonchev–Trinajstić information content (AvgIpc) is 3.38. The summed E-state index contributed by atoms with van der Waals surface area (Å²) in [4.78, 5) is 20.5. The zero-order chi connectivity index (χ0) is 16.8. The van der Waals surface area contributed by atoms with Gasteiger partial charge in [0.15, 0.2) is 0 Å². The van der Waals surface area contributed by atoms with Crippen LogP contribution >= 0.6 is 11.3 Å². The number of thiophene rings is 1. The molecule has 0 radical (unpaired) electrons. The Hall–Kier alpha value is -2.11. The predicted octanol–water partition coefficient (Wildman–Crippen LogP) is 4.28. The Labute approximate surface area is 150 Å². The number of amides is 1. The van der Waals surface area contributed by atoms with Crippen LogP contribution < -0.4 is 0 Å². The molecule has 0 aliphatic carbocycles. The van der Waals surface area contributed by atoms with Gasteiger partial charge in [0.25, 0.3) is 5.91 Å². The molecule has 1 atom stereocenters. The molecule has 0 saturated carbocycles. The van der Waals surface area contributed by atoms with Gasteiger partial charge in [0.1, 0.15) is 0 Å². The van der Waals surface area contributed by atoms with Crippen LogP contribution in [0.2, 0.25) is 0 Å². The monoisotopic (exact) mass is 352 g/mol. The Kier molecular flexibility index (Phi) is 3.64. The highest BCUT2D eigenvalue weighted by Crippen LogP contribution is 2.34. The molecule has 0 unspecified atom stereocenters. The topological polar surface area (TPSA) is 45.3 Å². The van der Waals surface area contributed by atoms with Crippen LogP contribution in [0.4, 0.5) is 0 Å². The lowest BCUT2D eigenvalue weighted by molar-refractivity contribution is 0.0740. The fraction of sp³-hybridized carbons (Fsp3) is 0.350. The normalized spacial score (nSPS) is 20.2. The largest absolute Gasteiger partial charge is 0.373 e. The SMILES string of the molecule is O=C(c1ccc([C@@H]2CCCO2)s1)N1CCc2[nH]c3ccccc3c2C1. The van der Waals surface area contributed by atoms with Crippen molar-refractivity contribution in [1.82, 2.24) is 9.88 Å². The van der Waals surface area contributed by atoms with Gasteiger partial charge in [-0.2, -0.15) is 0 Å². The molecule has 0 spiro atoms. The molecule has 0 bridgehead atoms. The summed E-state index contributed by atoms with van der Waals surface area (Å²) >= 11 is 1.59. The Bertz CT molecular complexity index is 936. The fourth-order valence-electron chi connectivity index (χ4n) is 3.94. The molecule has 1 N–H and O–H groups in total. The van der Waals surface area contributed by atoms with Gasteiger partial charge in [0.05, 0.1) is 11.0 Å². The smallest absolute Gasteiger partial charge is 0.264 e. The second kappa shape index (κ2) is 6.00. The van der Waals surface area contributed by atoms with Gasteiger partial charge in [-0.25, -0.2) is 0 Å². The highest BCUT2D eigenvalue weighted by molar-refractivity contribution is 7.14. The van der Waals surface area contributed by atoms with Crippen molar-refractivity contribution in [3.05, 3.63) is 57.4 Å². The number of aromatic amines is 1. The van der Waals surface area contributed by atoms with Crippen molar-refractivity contribution >= 4 is 28.1 Å². The van der Waals surface area contributed by atoms with Crippen LogP contribution in [0.5, 0.6) is 0 Å². The lowest BCUT2D eigenvalue weighted by Gasteiger charge is -2.26. The first-order chi connectivity index (χ1) is 12.3. The molecule has 2 aliphatic heterocycles. The summed E-state index contributed by atoms with van der Waals surface area (Å²) in [6, 6.07) is 12.4. The Morgan fingerprint density at radius 3 is 3.04 bits per heavy atom. The predicted molar refractivity (Wildman–Crippen MR) is 99.0 cm³/mol. The molecule has 4 nitrogen and oxygen atoms in total. The van der Waals surface area contributed by atoms with Crippen LogP contribution in [-0.4, -0.2) is 28.9 Å². The van der Waals surface area contributed by atoms with Crippen LogP contribution in [0, 0.1) is 0 Å². The minimum atomic E-state index is 0.144. The first-order valence-corrected chi connectivity index (χ1v) is 9.70. The number of hydrogen-bond donors (Lipinski definition) is 1. The zero-order valence-corrected chi connectivity index (χ0v) is 14.8. The van der Waals surface area contributed by atoms with Gasteiger partial charge in [-0.3, -0.25) is 4.79 Å². The van der Waals surface area contributed by atoms with Crippen LogP contribution in [0.1, 0.15) is 44.8 Å². The van der Waals surface area contributed by atoms with Gasteiger partial charge in [0, 0.05) is 53.2 Å². The summed E-state index contributed by atoms with van der Waals surface area (Å²) in [6.45, 7) is 2.29. The van der Waals surface area contributed by atoms with E-state index in [1.165, 1.54) is 27.0 Å². The zero-order valence-electron chi connectivity index (χ0n) is 14.0. The molecule has 1 aromatic carbocycles. The van der Waals surface area contributed by atoms with Crippen molar-refractivity contribution in [2.24, 2.45) is 0 Å². The number of fused-ring (bicyclic) bond motifs is 3. The number of benzene rings is 1. The van der Waals surface area contributed by atoms with Gasteiger partial charge >= 0.3 is 0 Å². The van der Waals surface area contributed by atoms with E-state index in [0.29, 0.717) is 6.54 Å². The van der Waals surface area contributed by atoms with E-state index >= 15 is 0 Å². The standard InChI is InChI=1S/C20H20N2O2S/c23-20(19-8-7-18(25-19)17-6-3-11-24-17)22-10-9-16-14(12-22)13-4-1-2-5-15(13)21-16/h1-2,4-5,7-8,17,21H,3,6,9-12H2/t17-/m0/s1. The number of ether oxygens (including phenoxy) is 1. The van der Waals surface area contributed by atoms with Crippen LogP contribution in [0.15, 0.2) is 36.4 Å². The highest BCUT2D eigenvalue weighted by atomic mass is 32.1. The Balaban J connectivity index is 1.40. The van der Waals surface area contributed by atoms with E-state index in [4.69, 9.17) is 4.74 Å². The molecule has 1 fully saturated rings. The average molecular weight is 352 g/mol. The number of rotatable bonds is 2. The van der Waals surface area contributed by atoms with E-state index in [-0.39, 0.29) is 12.0 Å². The van der Waals surface area contributed by atoms with Crippen LogP contribution in [0.3, 0.4) is 0 Å². The molecule has 5 rings (SSSR count). The van der Waals surface area contributed by atoms with Gasteiger partial charge in [0.2, 0.25) is 0 Å². The molecule has 5 heteroatoms. The van der Waals surface area contributed by atoms with E-state index in [1.54, 1.807) is 11.3 Å². The molecular formula is C20H20N2O2S. The van der Waals surface area contributed by atoms with E-state index in [9.17, 15) is 4.79 Å². The number of hydrogen-bond acceptors (Lipinski definition) is 3. The second-order valence-electron chi connectivity index (χ2n) is 6.81. The van der Waals surface area contributed by atoms with Gasteiger partial charge in [-0.1, -0.05) is 18.2 Å². The fourth-order valence-corrected chi connectivity index (χ4v) is 5.00. The number of carbonyl (C=O) groups excluding carboxylic acids is 1. The van der Waals surface area contributed by atoms with Gasteiger partial charge < -0.3 is 14.6 Å². The van der Waals surface area contributed by atoms with Crippen molar-refractivity contribution in [3.8, 4) is 0 Å². The number of nitrogens with zero attached hydrogens (tertiary/aromatic N) is 1. The van der Waals surface area contributed by atoms with Gasteiger partial charge in [-0.15, -0.1) is 11.3 Å². The van der Waals surface area contributed by atoms with E-state index in [2.05, 4.69) is 29.2 Å². The van der Waals surface area contributed by atoms with E-state index in [1.807, 2.05) is 17.0 Å². The number of carbonyl (C=O) groups is 1. The van der Waals surface area contributed by atoms with Gasteiger partial charge in [-0.05, 0) is 31.0 Å². The lowest BCUT2D eigenvalue weighted by atomic mass is 10.0. The van der Waals surface area contributed by atoms with Crippen LogP contribution in [-0.2, 0) is 17.7 Å². The number of para-hydroxylation sites is 1. The molecule has 1 amide bonds. The maximum atomic E-state index is 13.0. The van der Waals surface area contributed by atoms with E-state index in [0.717, 1.165) is 37.3 Å². The number of H-pyrrole nitrogens is 1. The number of aromatic nitrogens is 1. The molecule has 25 heavy (non-hydrogen) atoms. The number of nitrogens with one attached hydrogen (secondary N) is 1. The quantitative estimate of drug-likeness (QED) is 0.748. The molecule has 1 saturated heterocycles. The first kappa shape index (κ1) is 15.2. The molecule has 2 aliphatic rings. The second-order valence-corrected chi connectivity index (χ2v) is 7.92. The third kappa shape index (κ3) is 2.58. The summed E-state index contributed by atoms with van der Waals surface area (Å²) in [7, 11) is 0. The highest BCUT2D eigenvalue weighted by Gasteiger charge is 2.27. The summed E-state index contributed by atoms with van der Waals surface area (Å²) in [5.74, 6) is 0.144. The molecule has 128 valence electrons. The maximum Gasteiger partial charge on any atom is 0.264 e. The van der Waals surface area contributed by atoms with E-state index < -0.39 is 0 Å². The third-order valence-electron chi connectivity index (χ3n) is 5.25. The Morgan fingerprint density at radius 2 is 2.16 bits per heavy atom. The Morgan fingerprint density at radius 1 is 1.24 bits per heavy atom. The third-order valence-corrected chi connectivity index (χ3v) is 6.42. The van der Waals surface area contributed by atoms with Crippen molar-refractivity contribution in [1.29, 1.82) is 0 Å². The summed E-state index contributed by atoms with van der Waals surface area (Å²) in [5, 5.41) is 1.24. The maximum absolute atomic E-state index is 13.0. The molecule has 3 aromatic rings. The van der Waals surface area contributed by atoms with Crippen LogP contribution in [0.25, 0.3) is 10.9 Å². The van der Waals surface area contributed by atoms with Crippen molar-refractivity contribution in [2.75, 3.05) is 13.2 Å². The van der Waals surface area contributed by atoms with Crippen molar-refractivity contribution < 1.29 is 9.53 Å².